The molecule has 0 amide bonds. The normalized spacial score (nSPS) is 11.6. The van der Waals surface area contributed by atoms with Gasteiger partial charge in [-0.2, -0.15) is 0 Å². The van der Waals surface area contributed by atoms with Crippen LogP contribution in [0, 0.1) is 0 Å². The van der Waals surface area contributed by atoms with Crippen molar-refractivity contribution in [3.63, 3.8) is 0 Å². The fourth-order valence-corrected chi connectivity index (χ4v) is 2.75. The van der Waals surface area contributed by atoms with Gasteiger partial charge >= 0.3 is 5.97 Å². The lowest BCUT2D eigenvalue weighted by atomic mass is 10.1. The molecule has 0 unspecified atom stereocenters. The van der Waals surface area contributed by atoms with Crippen molar-refractivity contribution in [2.45, 2.75) is 24.3 Å². The summed E-state index contributed by atoms with van der Waals surface area (Å²) in [6.07, 6.45) is 0. The van der Waals surface area contributed by atoms with Crippen molar-refractivity contribution in [1.82, 2.24) is 4.72 Å². The maximum Gasteiger partial charge on any atom is 0.339 e. The molecule has 0 aliphatic heterocycles. The molecule has 0 bridgehead atoms. The van der Waals surface area contributed by atoms with Crippen molar-refractivity contribution in [3.05, 3.63) is 29.8 Å². The van der Waals surface area contributed by atoms with E-state index in [4.69, 9.17) is 5.73 Å². The van der Waals surface area contributed by atoms with Crippen LogP contribution in [0.15, 0.2) is 29.2 Å². The van der Waals surface area contributed by atoms with Crippen molar-refractivity contribution in [2.24, 2.45) is 5.73 Å². The predicted octanol–water partition coefficient (Wildman–Crippen LogP) is 0.911. The van der Waals surface area contributed by atoms with Gasteiger partial charge in [0.15, 0.2) is 0 Å². The lowest BCUT2D eigenvalue weighted by molar-refractivity contribution is 0.0596. The number of methoxy groups -OCH3 is 1. The summed E-state index contributed by atoms with van der Waals surface area (Å²) in [5.74, 6) is -0.701. The number of hydrogen-bond donors (Lipinski definition) is 2. The van der Waals surface area contributed by atoms with E-state index < -0.39 is 21.5 Å². The summed E-state index contributed by atoms with van der Waals surface area (Å²) < 4.78 is 31.2. The van der Waals surface area contributed by atoms with Gasteiger partial charge in [0, 0.05) is 12.1 Å². The van der Waals surface area contributed by atoms with Gasteiger partial charge in [-0.05, 0) is 26.0 Å². The zero-order valence-electron chi connectivity index (χ0n) is 11.5. The molecule has 3 N–H and O–H groups in total. The molecule has 1 aromatic carbocycles. The van der Waals surface area contributed by atoms with Crippen molar-refractivity contribution in [3.8, 4) is 0 Å². The molecule has 0 heterocycles. The first-order valence-electron chi connectivity index (χ1n) is 5.63. The Labute approximate surface area is 125 Å². The van der Waals surface area contributed by atoms with Gasteiger partial charge in [-0.3, -0.25) is 0 Å². The fraction of sp³-hybridized carbons (Fsp3) is 0.417. The average Bonchev–Trinajstić information content (AvgIpc) is 2.35. The van der Waals surface area contributed by atoms with Crippen LogP contribution in [-0.4, -0.2) is 33.6 Å². The number of hydrogen-bond acceptors (Lipinski definition) is 5. The molecule has 0 saturated carbocycles. The molecule has 0 aliphatic rings. The molecule has 8 heteroatoms. The van der Waals surface area contributed by atoms with Gasteiger partial charge in [0.05, 0.1) is 17.6 Å². The number of rotatable bonds is 5. The number of ether oxygens (including phenoxy) is 1. The molecule has 1 rings (SSSR count). The highest BCUT2D eigenvalue weighted by atomic mass is 35.5. The summed E-state index contributed by atoms with van der Waals surface area (Å²) in [6, 6.07) is 5.85. The number of halogens is 1. The largest absolute Gasteiger partial charge is 0.465 e. The number of sulfonamides is 1. The van der Waals surface area contributed by atoms with Gasteiger partial charge in [0.2, 0.25) is 10.0 Å². The Morgan fingerprint density at radius 3 is 2.40 bits per heavy atom. The van der Waals surface area contributed by atoms with Gasteiger partial charge in [0.25, 0.3) is 0 Å². The molecular weight excluding hydrogens is 304 g/mol. The molecule has 20 heavy (non-hydrogen) atoms. The smallest absolute Gasteiger partial charge is 0.339 e. The van der Waals surface area contributed by atoms with Crippen LogP contribution in [0.25, 0.3) is 0 Å². The minimum Gasteiger partial charge on any atom is -0.465 e. The number of carbonyl (C=O) groups is 1. The summed E-state index contributed by atoms with van der Waals surface area (Å²) >= 11 is 0. The second kappa shape index (κ2) is 7.03. The van der Waals surface area contributed by atoms with Crippen molar-refractivity contribution < 1.29 is 17.9 Å². The average molecular weight is 323 g/mol. The quantitative estimate of drug-likeness (QED) is 0.785. The number of nitrogens with one attached hydrogen (secondary N) is 1. The second-order valence-corrected chi connectivity index (χ2v) is 6.54. The molecule has 1 aromatic rings. The third kappa shape index (κ3) is 5.09. The van der Waals surface area contributed by atoms with Gasteiger partial charge in [-0.15, -0.1) is 12.4 Å². The first-order chi connectivity index (χ1) is 8.67. The molecule has 0 spiro atoms. The highest BCUT2D eigenvalue weighted by molar-refractivity contribution is 7.89. The number of benzene rings is 1. The maximum absolute atomic E-state index is 12.1. The Hall–Kier alpha value is -1.15. The van der Waals surface area contributed by atoms with E-state index in [2.05, 4.69) is 9.46 Å². The Bertz CT molecular complexity index is 567. The Kier molecular flexibility index (Phi) is 6.63. The summed E-state index contributed by atoms with van der Waals surface area (Å²) in [7, 11) is -2.61. The molecule has 0 radical (unpaired) electrons. The van der Waals surface area contributed by atoms with E-state index in [9.17, 15) is 13.2 Å². The number of carbonyl (C=O) groups excluding carboxylic acids is 1. The first-order valence-corrected chi connectivity index (χ1v) is 7.11. The van der Waals surface area contributed by atoms with Crippen LogP contribution < -0.4 is 10.5 Å². The Morgan fingerprint density at radius 1 is 1.35 bits per heavy atom. The van der Waals surface area contributed by atoms with Crippen LogP contribution in [0.3, 0.4) is 0 Å². The molecule has 0 aliphatic carbocycles. The molecular formula is C12H19ClN2O4S. The lowest BCUT2D eigenvalue weighted by Crippen LogP contribution is -2.45. The standard InChI is InChI=1S/C12H18N2O4S.ClH/c1-12(2,13)8-14-19(16,17)10-7-5-4-6-9(10)11(15)18-3;/h4-7,14H,8,13H2,1-3H3;1H. The predicted molar refractivity (Wildman–Crippen MR) is 78.5 cm³/mol. The van der Waals surface area contributed by atoms with Gasteiger partial charge in [0.1, 0.15) is 0 Å². The van der Waals surface area contributed by atoms with Crippen LogP contribution in [0.1, 0.15) is 24.2 Å². The van der Waals surface area contributed by atoms with Crippen molar-refractivity contribution in [1.29, 1.82) is 0 Å². The monoisotopic (exact) mass is 322 g/mol. The van der Waals surface area contributed by atoms with Crippen molar-refractivity contribution in [2.75, 3.05) is 13.7 Å². The van der Waals surface area contributed by atoms with E-state index in [1.807, 2.05) is 0 Å². The Balaban J connectivity index is 0.00000361. The van der Waals surface area contributed by atoms with Gasteiger partial charge < -0.3 is 10.5 Å². The third-order valence-electron chi connectivity index (χ3n) is 2.30. The van der Waals surface area contributed by atoms with E-state index in [1.54, 1.807) is 19.9 Å². The van der Waals surface area contributed by atoms with Crippen LogP contribution in [0.2, 0.25) is 0 Å². The first kappa shape index (κ1) is 18.9. The molecule has 0 aromatic heterocycles. The number of nitrogens with two attached hydrogens (primary N) is 1. The third-order valence-corrected chi connectivity index (χ3v) is 3.76. The highest BCUT2D eigenvalue weighted by Gasteiger charge is 2.24. The van der Waals surface area contributed by atoms with Crippen LogP contribution in [0.4, 0.5) is 0 Å². The molecule has 0 saturated heterocycles. The van der Waals surface area contributed by atoms with E-state index in [0.717, 1.165) is 0 Å². The van der Waals surface area contributed by atoms with Crippen LogP contribution >= 0.6 is 12.4 Å². The van der Waals surface area contributed by atoms with Crippen LogP contribution in [0.5, 0.6) is 0 Å². The Morgan fingerprint density at radius 2 is 1.90 bits per heavy atom. The SMILES string of the molecule is COC(=O)c1ccccc1S(=O)(=O)NCC(C)(C)N.Cl. The van der Waals surface area contributed by atoms with Gasteiger partial charge in [-0.1, -0.05) is 12.1 Å². The summed E-state index contributed by atoms with van der Waals surface area (Å²) in [4.78, 5) is 11.4. The summed E-state index contributed by atoms with van der Waals surface area (Å²) in [5.41, 5.74) is 5.03. The van der Waals surface area contributed by atoms with Gasteiger partial charge in [-0.25, -0.2) is 17.9 Å². The minimum absolute atomic E-state index is 0. The van der Waals surface area contributed by atoms with E-state index in [1.165, 1.54) is 25.3 Å². The minimum atomic E-state index is -3.81. The number of esters is 1. The fourth-order valence-electron chi connectivity index (χ4n) is 1.34. The summed E-state index contributed by atoms with van der Waals surface area (Å²) in [6.45, 7) is 3.45. The maximum atomic E-state index is 12.1. The molecule has 0 fully saturated rings. The van der Waals surface area contributed by atoms with Crippen molar-refractivity contribution >= 4 is 28.4 Å². The summed E-state index contributed by atoms with van der Waals surface area (Å²) in [5, 5.41) is 0. The molecule has 6 nitrogen and oxygen atoms in total. The van der Waals surface area contributed by atoms with E-state index in [0.29, 0.717) is 0 Å². The lowest BCUT2D eigenvalue weighted by Gasteiger charge is -2.19. The van der Waals surface area contributed by atoms with E-state index in [-0.39, 0.29) is 29.4 Å². The molecule has 0 atom stereocenters. The second-order valence-electron chi connectivity index (χ2n) is 4.80. The molecule has 114 valence electrons. The highest BCUT2D eigenvalue weighted by Crippen LogP contribution is 2.16. The van der Waals surface area contributed by atoms with E-state index >= 15 is 0 Å². The topological polar surface area (TPSA) is 98.5 Å². The zero-order chi connectivity index (χ0) is 14.7. The van der Waals surface area contributed by atoms with Crippen LogP contribution in [-0.2, 0) is 14.8 Å². The zero-order valence-corrected chi connectivity index (χ0v) is 13.2.